The molecule has 6 nitrogen and oxygen atoms in total. The van der Waals surface area contributed by atoms with E-state index in [1.165, 1.54) is 19.2 Å². The van der Waals surface area contributed by atoms with Gasteiger partial charge in [-0.3, -0.25) is 5.32 Å². The molecule has 134 valence electrons. The highest BCUT2D eigenvalue weighted by molar-refractivity contribution is 7.91. The minimum absolute atomic E-state index is 0.425. The van der Waals surface area contributed by atoms with Crippen LogP contribution in [0.5, 0.6) is 0 Å². The topological polar surface area (TPSA) is 84.5 Å². The Bertz CT molecular complexity index is 822. The van der Waals surface area contributed by atoms with Gasteiger partial charge in [-0.05, 0) is 42.0 Å². The third-order valence-corrected chi connectivity index (χ3v) is 4.70. The largest absolute Gasteiger partial charge is 0.453 e. The normalized spacial score (nSPS) is 11.2. The van der Waals surface area contributed by atoms with Crippen LogP contribution in [-0.4, -0.2) is 27.4 Å². The predicted molar refractivity (Wildman–Crippen MR) is 89.4 cm³/mol. The van der Waals surface area contributed by atoms with Crippen LogP contribution in [0.4, 0.5) is 25.0 Å². The first kappa shape index (κ1) is 18.7. The number of methoxy groups -OCH3 is 1. The lowest BCUT2D eigenvalue weighted by Gasteiger charge is -2.09. The Morgan fingerprint density at radius 1 is 1.04 bits per heavy atom. The number of carbonyl (C=O) groups excluding carboxylic acids is 1. The smallest absolute Gasteiger partial charge is 0.411 e. The van der Waals surface area contributed by atoms with Crippen LogP contribution in [0.15, 0.2) is 53.4 Å². The lowest BCUT2D eigenvalue weighted by molar-refractivity contribution is 0.187. The molecule has 2 rings (SSSR count). The Morgan fingerprint density at radius 2 is 1.60 bits per heavy atom. The molecule has 25 heavy (non-hydrogen) atoms. The van der Waals surface area contributed by atoms with Gasteiger partial charge in [0.1, 0.15) is 0 Å². The van der Waals surface area contributed by atoms with E-state index in [2.05, 4.69) is 15.4 Å². The zero-order valence-corrected chi connectivity index (χ0v) is 14.0. The van der Waals surface area contributed by atoms with Crippen LogP contribution >= 0.6 is 0 Å². The molecule has 0 aliphatic heterocycles. The number of anilines is 2. The summed E-state index contributed by atoms with van der Waals surface area (Å²) in [6, 6.07) is 12.1. The molecule has 0 atom stereocenters. The number of rotatable bonds is 6. The second-order valence-corrected chi connectivity index (χ2v) is 6.91. The van der Waals surface area contributed by atoms with Crippen LogP contribution in [-0.2, 0) is 21.1 Å². The number of alkyl halides is 2. The highest BCUT2D eigenvalue weighted by Crippen LogP contribution is 2.20. The van der Waals surface area contributed by atoms with E-state index in [0.717, 1.165) is 17.7 Å². The molecule has 2 aromatic carbocycles. The minimum Gasteiger partial charge on any atom is -0.453 e. The highest BCUT2D eigenvalue weighted by atomic mass is 32.2. The lowest BCUT2D eigenvalue weighted by atomic mass is 10.2. The molecule has 0 aromatic heterocycles. The Labute approximate surface area is 143 Å². The molecule has 0 saturated carbocycles. The first-order chi connectivity index (χ1) is 11.8. The zero-order valence-electron chi connectivity index (χ0n) is 13.2. The summed E-state index contributed by atoms with van der Waals surface area (Å²) in [5, 5.41) is 5.57. The van der Waals surface area contributed by atoms with Crippen LogP contribution in [0, 0.1) is 0 Å². The highest BCUT2D eigenvalue weighted by Gasteiger charge is 2.26. The monoisotopic (exact) mass is 370 g/mol. The van der Waals surface area contributed by atoms with Crippen molar-refractivity contribution in [3.63, 3.8) is 0 Å². The first-order valence-electron chi connectivity index (χ1n) is 7.13. The van der Waals surface area contributed by atoms with E-state index >= 15 is 0 Å². The van der Waals surface area contributed by atoms with E-state index in [-0.39, 0.29) is 0 Å². The summed E-state index contributed by atoms with van der Waals surface area (Å²) in [4.78, 5) is 10.7. The summed E-state index contributed by atoms with van der Waals surface area (Å²) in [5.74, 6) is -3.44. The van der Waals surface area contributed by atoms with Gasteiger partial charge < -0.3 is 10.1 Å². The molecule has 0 fully saturated rings. The van der Waals surface area contributed by atoms with Gasteiger partial charge >= 0.3 is 11.9 Å². The number of amides is 1. The molecule has 2 aromatic rings. The second kappa shape index (κ2) is 7.93. The van der Waals surface area contributed by atoms with Gasteiger partial charge in [0.15, 0.2) is 0 Å². The van der Waals surface area contributed by atoms with Crippen molar-refractivity contribution < 1.29 is 26.7 Å². The van der Waals surface area contributed by atoms with Crippen molar-refractivity contribution in [1.29, 1.82) is 0 Å². The van der Waals surface area contributed by atoms with E-state index in [1.807, 2.05) is 0 Å². The SMILES string of the molecule is COC(=O)Nc1ccc(CNc2ccc(S(=O)(=O)C(F)F)cc2)cc1. The molecule has 2 N–H and O–H groups in total. The fourth-order valence-electron chi connectivity index (χ4n) is 1.94. The van der Waals surface area contributed by atoms with Crippen LogP contribution in [0.2, 0.25) is 0 Å². The number of sulfone groups is 1. The number of nitrogens with one attached hydrogen (secondary N) is 2. The number of ether oxygens (including phenoxy) is 1. The molecule has 0 spiro atoms. The summed E-state index contributed by atoms with van der Waals surface area (Å²) in [5.41, 5.74) is 2.07. The van der Waals surface area contributed by atoms with Gasteiger partial charge in [-0.2, -0.15) is 8.78 Å². The third kappa shape index (κ3) is 4.90. The molecule has 0 bridgehead atoms. The van der Waals surface area contributed by atoms with Crippen LogP contribution < -0.4 is 10.6 Å². The summed E-state index contributed by atoms with van der Waals surface area (Å²) in [7, 11) is -3.31. The van der Waals surface area contributed by atoms with Gasteiger partial charge in [-0.25, -0.2) is 13.2 Å². The maximum absolute atomic E-state index is 12.5. The predicted octanol–water partition coefficient (Wildman–Crippen LogP) is 3.47. The van der Waals surface area contributed by atoms with Gasteiger partial charge in [0.2, 0.25) is 9.84 Å². The standard InChI is InChI=1S/C16H16F2N2O4S/c1-24-16(21)20-13-4-2-11(3-5-13)10-19-12-6-8-14(9-7-12)25(22,23)15(17)18/h2-9,15,19H,10H2,1H3,(H,20,21). The Balaban J connectivity index is 1.96. The van der Waals surface area contributed by atoms with Gasteiger partial charge in [-0.15, -0.1) is 0 Å². The van der Waals surface area contributed by atoms with E-state index in [4.69, 9.17) is 0 Å². The maximum atomic E-state index is 12.5. The van der Waals surface area contributed by atoms with Crippen molar-refractivity contribution in [2.75, 3.05) is 17.7 Å². The average molecular weight is 370 g/mol. The van der Waals surface area contributed by atoms with Crippen LogP contribution in [0.1, 0.15) is 5.56 Å². The average Bonchev–Trinajstić information content (AvgIpc) is 2.61. The van der Waals surface area contributed by atoms with Crippen molar-refractivity contribution in [3.8, 4) is 0 Å². The van der Waals surface area contributed by atoms with Gasteiger partial charge in [-0.1, -0.05) is 12.1 Å². The van der Waals surface area contributed by atoms with Crippen molar-refractivity contribution in [1.82, 2.24) is 0 Å². The van der Waals surface area contributed by atoms with Crippen LogP contribution in [0.25, 0.3) is 0 Å². The molecule has 0 aliphatic rings. The molecule has 1 amide bonds. The molecular weight excluding hydrogens is 354 g/mol. The number of benzene rings is 2. The van der Waals surface area contributed by atoms with E-state index in [0.29, 0.717) is 17.9 Å². The van der Waals surface area contributed by atoms with Crippen molar-refractivity contribution in [2.24, 2.45) is 0 Å². The number of hydrogen-bond donors (Lipinski definition) is 2. The Morgan fingerprint density at radius 3 is 2.12 bits per heavy atom. The summed E-state index contributed by atoms with van der Waals surface area (Å²) in [6.45, 7) is 0.430. The summed E-state index contributed by atoms with van der Waals surface area (Å²) >= 11 is 0. The summed E-state index contributed by atoms with van der Waals surface area (Å²) < 4.78 is 52.1. The maximum Gasteiger partial charge on any atom is 0.411 e. The molecule has 0 saturated heterocycles. The van der Waals surface area contributed by atoms with Crippen molar-refractivity contribution in [3.05, 3.63) is 54.1 Å². The first-order valence-corrected chi connectivity index (χ1v) is 8.67. The molecule has 0 heterocycles. The van der Waals surface area contributed by atoms with E-state index < -0.39 is 26.6 Å². The number of hydrogen-bond acceptors (Lipinski definition) is 5. The lowest BCUT2D eigenvalue weighted by Crippen LogP contribution is -2.11. The van der Waals surface area contributed by atoms with Gasteiger partial charge in [0, 0.05) is 17.9 Å². The van der Waals surface area contributed by atoms with Crippen LogP contribution in [0.3, 0.4) is 0 Å². The van der Waals surface area contributed by atoms with E-state index in [9.17, 15) is 22.0 Å². The van der Waals surface area contributed by atoms with E-state index in [1.54, 1.807) is 24.3 Å². The van der Waals surface area contributed by atoms with Gasteiger partial charge in [0.05, 0.1) is 12.0 Å². The summed E-state index contributed by atoms with van der Waals surface area (Å²) in [6.07, 6.45) is -0.565. The zero-order chi connectivity index (χ0) is 18.4. The molecule has 9 heteroatoms. The van der Waals surface area contributed by atoms with Crippen molar-refractivity contribution >= 4 is 27.3 Å². The minimum atomic E-state index is -4.58. The molecule has 0 aliphatic carbocycles. The Hall–Kier alpha value is -2.68. The fourth-order valence-corrected chi connectivity index (χ4v) is 2.67. The molecule has 0 unspecified atom stereocenters. The molecular formula is C16H16F2N2O4S. The number of carbonyl (C=O) groups is 1. The molecule has 0 radical (unpaired) electrons. The van der Waals surface area contributed by atoms with Gasteiger partial charge in [0.25, 0.3) is 0 Å². The fraction of sp³-hybridized carbons (Fsp3) is 0.188. The third-order valence-electron chi connectivity index (χ3n) is 3.30. The second-order valence-electron chi connectivity index (χ2n) is 5.00. The van der Waals surface area contributed by atoms with Crippen molar-refractivity contribution in [2.45, 2.75) is 17.2 Å². The number of halogens is 2. The Kier molecular flexibility index (Phi) is 5.92. The quantitative estimate of drug-likeness (QED) is 0.813.